The zero-order valence-corrected chi connectivity index (χ0v) is 14.3. The van der Waals surface area contributed by atoms with Gasteiger partial charge < -0.3 is 9.47 Å². The van der Waals surface area contributed by atoms with Crippen molar-refractivity contribution in [1.82, 2.24) is 4.98 Å². The van der Waals surface area contributed by atoms with Gasteiger partial charge in [0, 0.05) is 11.4 Å². The molecule has 132 valence electrons. The second-order valence-electron chi connectivity index (χ2n) is 4.72. The van der Waals surface area contributed by atoms with E-state index in [-0.39, 0.29) is 29.4 Å². The number of carbonyl (C=O) groups excluding carboxylic acids is 2. The molecule has 0 spiro atoms. The van der Waals surface area contributed by atoms with Crippen LogP contribution in [0.25, 0.3) is 0 Å². The molecular weight excluding hydrogens is 350 g/mol. The third-order valence-corrected chi connectivity index (χ3v) is 3.85. The molecular formula is C15H15N3O6S. The number of benzene rings is 1. The Morgan fingerprint density at radius 3 is 2.80 bits per heavy atom. The van der Waals surface area contributed by atoms with Crippen LogP contribution in [0.3, 0.4) is 0 Å². The minimum Gasteiger partial charge on any atom is -0.497 e. The van der Waals surface area contributed by atoms with Crippen LogP contribution >= 0.6 is 11.3 Å². The summed E-state index contributed by atoms with van der Waals surface area (Å²) in [5, 5.41) is 15.4. The van der Waals surface area contributed by atoms with Crippen molar-refractivity contribution in [2.75, 3.05) is 19.0 Å². The third kappa shape index (κ3) is 4.73. The Morgan fingerprint density at radius 1 is 1.40 bits per heavy atom. The van der Waals surface area contributed by atoms with Gasteiger partial charge in [0.25, 0.3) is 11.6 Å². The maximum atomic E-state index is 12.3. The number of nitrogens with one attached hydrogen (secondary N) is 1. The van der Waals surface area contributed by atoms with Gasteiger partial charge in [-0.05, 0) is 19.1 Å². The Morgan fingerprint density at radius 2 is 2.16 bits per heavy atom. The lowest BCUT2D eigenvalue weighted by atomic mass is 10.1. The Balaban J connectivity index is 2.16. The van der Waals surface area contributed by atoms with Gasteiger partial charge in [-0.25, -0.2) is 4.98 Å². The molecule has 1 N–H and O–H groups in total. The van der Waals surface area contributed by atoms with Gasteiger partial charge in [0.1, 0.15) is 11.3 Å². The Bertz CT molecular complexity index is 804. The zero-order valence-electron chi connectivity index (χ0n) is 13.5. The first-order valence-electron chi connectivity index (χ1n) is 7.18. The lowest BCUT2D eigenvalue weighted by Gasteiger charge is -2.05. The summed E-state index contributed by atoms with van der Waals surface area (Å²) in [6, 6.07) is 3.87. The first-order chi connectivity index (χ1) is 11.9. The van der Waals surface area contributed by atoms with Crippen LogP contribution in [0.2, 0.25) is 0 Å². The third-order valence-electron chi connectivity index (χ3n) is 3.05. The van der Waals surface area contributed by atoms with Gasteiger partial charge in [-0.2, -0.15) is 0 Å². The minimum absolute atomic E-state index is 0.0144. The number of rotatable bonds is 7. The van der Waals surface area contributed by atoms with Crippen LogP contribution in [-0.2, 0) is 16.0 Å². The number of carbonyl (C=O) groups is 2. The molecule has 0 atom stereocenters. The van der Waals surface area contributed by atoms with E-state index in [1.807, 2.05) is 0 Å². The number of methoxy groups -OCH3 is 1. The molecule has 2 rings (SSSR count). The SMILES string of the molecule is CCOC(=O)Cc1csc(NC(=O)c2cc(OC)ccc2[N+](=O)[O-])n1. The van der Waals surface area contributed by atoms with E-state index in [4.69, 9.17) is 9.47 Å². The van der Waals surface area contributed by atoms with E-state index in [1.165, 1.54) is 25.3 Å². The normalized spacial score (nSPS) is 10.2. The Kier molecular flexibility index (Phi) is 6.01. The zero-order chi connectivity index (χ0) is 18.4. The number of nitro groups is 1. The second kappa shape index (κ2) is 8.20. The number of aromatic nitrogens is 1. The molecule has 10 heteroatoms. The van der Waals surface area contributed by atoms with Crippen molar-refractivity contribution in [3.05, 3.63) is 45.0 Å². The van der Waals surface area contributed by atoms with Crippen molar-refractivity contribution >= 4 is 34.0 Å². The highest BCUT2D eigenvalue weighted by Crippen LogP contribution is 2.25. The smallest absolute Gasteiger partial charge is 0.311 e. The van der Waals surface area contributed by atoms with E-state index >= 15 is 0 Å². The molecule has 2 aromatic rings. The van der Waals surface area contributed by atoms with Crippen molar-refractivity contribution in [1.29, 1.82) is 0 Å². The summed E-state index contributed by atoms with van der Waals surface area (Å²) in [6.07, 6.45) is -0.0144. The number of amides is 1. The molecule has 1 amide bonds. The number of thiazole rings is 1. The first-order valence-corrected chi connectivity index (χ1v) is 8.06. The molecule has 0 aliphatic heterocycles. The maximum Gasteiger partial charge on any atom is 0.311 e. The van der Waals surface area contributed by atoms with Crippen LogP contribution in [0.5, 0.6) is 5.75 Å². The largest absolute Gasteiger partial charge is 0.497 e. The van der Waals surface area contributed by atoms with Crippen molar-refractivity contribution in [3.63, 3.8) is 0 Å². The summed E-state index contributed by atoms with van der Waals surface area (Å²) < 4.78 is 9.82. The molecule has 1 aromatic heterocycles. The van der Waals surface area contributed by atoms with Crippen LogP contribution in [0, 0.1) is 10.1 Å². The molecule has 25 heavy (non-hydrogen) atoms. The van der Waals surface area contributed by atoms with Crippen LogP contribution in [0.1, 0.15) is 23.0 Å². The summed E-state index contributed by atoms with van der Waals surface area (Å²) in [5.41, 5.74) is -0.0491. The maximum absolute atomic E-state index is 12.3. The summed E-state index contributed by atoms with van der Waals surface area (Å²) >= 11 is 1.10. The van der Waals surface area contributed by atoms with Gasteiger partial charge in [-0.3, -0.25) is 25.0 Å². The van der Waals surface area contributed by atoms with Crippen LogP contribution < -0.4 is 10.1 Å². The average Bonchev–Trinajstić information content (AvgIpc) is 3.01. The molecule has 1 aromatic carbocycles. The standard InChI is InChI=1S/C15H15N3O6S/c1-3-24-13(19)6-9-8-25-15(16-9)17-14(20)11-7-10(23-2)4-5-12(11)18(21)22/h4-5,7-8H,3,6H2,1-2H3,(H,16,17,20). The molecule has 0 saturated heterocycles. The molecule has 0 aliphatic rings. The molecule has 0 aliphatic carbocycles. The quantitative estimate of drug-likeness (QED) is 0.454. The average molecular weight is 365 g/mol. The monoisotopic (exact) mass is 365 g/mol. The lowest BCUT2D eigenvalue weighted by molar-refractivity contribution is -0.385. The first kappa shape index (κ1) is 18.3. The highest BCUT2D eigenvalue weighted by molar-refractivity contribution is 7.14. The number of ether oxygens (including phenoxy) is 2. The molecule has 0 fully saturated rings. The number of anilines is 1. The summed E-state index contributed by atoms with van der Waals surface area (Å²) in [5.74, 6) is -0.797. The van der Waals surface area contributed by atoms with E-state index in [2.05, 4.69) is 10.3 Å². The van der Waals surface area contributed by atoms with E-state index in [0.717, 1.165) is 11.3 Å². The topological polar surface area (TPSA) is 121 Å². The fourth-order valence-corrected chi connectivity index (χ4v) is 2.66. The molecule has 0 saturated carbocycles. The van der Waals surface area contributed by atoms with Gasteiger partial charge in [-0.15, -0.1) is 11.3 Å². The summed E-state index contributed by atoms with van der Waals surface area (Å²) in [6.45, 7) is 1.97. The predicted molar refractivity (Wildman–Crippen MR) is 90.1 cm³/mol. The van der Waals surface area contributed by atoms with Gasteiger partial charge in [-0.1, -0.05) is 0 Å². The molecule has 0 bridgehead atoms. The van der Waals surface area contributed by atoms with Crippen molar-refractivity contribution < 1.29 is 24.0 Å². The van der Waals surface area contributed by atoms with E-state index in [0.29, 0.717) is 11.4 Å². The fourth-order valence-electron chi connectivity index (χ4n) is 1.95. The number of nitrogens with zero attached hydrogens (tertiary/aromatic N) is 2. The van der Waals surface area contributed by atoms with Crippen LogP contribution in [0.4, 0.5) is 10.8 Å². The van der Waals surface area contributed by atoms with Crippen molar-refractivity contribution in [2.24, 2.45) is 0 Å². The molecule has 1 heterocycles. The number of esters is 1. The lowest BCUT2D eigenvalue weighted by Crippen LogP contribution is -2.14. The van der Waals surface area contributed by atoms with Gasteiger partial charge in [0.05, 0.1) is 30.8 Å². The van der Waals surface area contributed by atoms with Crippen LogP contribution in [0.15, 0.2) is 23.6 Å². The number of hydrogen-bond acceptors (Lipinski definition) is 8. The van der Waals surface area contributed by atoms with Gasteiger partial charge >= 0.3 is 5.97 Å². The highest BCUT2D eigenvalue weighted by atomic mass is 32.1. The molecule has 0 unspecified atom stereocenters. The van der Waals surface area contributed by atoms with Gasteiger partial charge in [0.2, 0.25) is 0 Å². The predicted octanol–water partition coefficient (Wildman–Crippen LogP) is 2.42. The Labute approximate surface area is 146 Å². The highest BCUT2D eigenvalue weighted by Gasteiger charge is 2.22. The summed E-state index contributed by atoms with van der Waals surface area (Å²) in [7, 11) is 1.39. The van der Waals surface area contributed by atoms with E-state index < -0.39 is 16.8 Å². The number of nitro benzene ring substituents is 1. The number of hydrogen-bond donors (Lipinski definition) is 1. The Hall–Kier alpha value is -3.01. The van der Waals surface area contributed by atoms with E-state index in [1.54, 1.807) is 12.3 Å². The fraction of sp³-hybridized carbons (Fsp3) is 0.267. The van der Waals surface area contributed by atoms with E-state index in [9.17, 15) is 19.7 Å². The molecule has 9 nitrogen and oxygen atoms in total. The van der Waals surface area contributed by atoms with Crippen molar-refractivity contribution in [3.8, 4) is 5.75 Å². The van der Waals surface area contributed by atoms with Gasteiger partial charge in [0.15, 0.2) is 5.13 Å². The van der Waals surface area contributed by atoms with Crippen LogP contribution in [-0.4, -0.2) is 35.5 Å². The summed E-state index contributed by atoms with van der Waals surface area (Å²) in [4.78, 5) is 38.3. The molecule has 0 radical (unpaired) electrons. The second-order valence-corrected chi connectivity index (χ2v) is 5.58. The van der Waals surface area contributed by atoms with Crippen molar-refractivity contribution in [2.45, 2.75) is 13.3 Å². The minimum atomic E-state index is -0.692.